The van der Waals surface area contributed by atoms with Crippen LogP contribution in [0.2, 0.25) is 0 Å². The third-order valence-corrected chi connectivity index (χ3v) is 4.44. The van der Waals surface area contributed by atoms with Crippen molar-refractivity contribution < 1.29 is 14.3 Å². The van der Waals surface area contributed by atoms with Crippen molar-refractivity contribution in [2.24, 2.45) is 0 Å². The van der Waals surface area contributed by atoms with E-state index >= 15 is 0 Å². The first kappa shape index (κ1) is 19.1. The maximum atomic E-state index is 12.4. The number of pyridine rings is 1. The molecule has 0 aliphatic heterocycles. The molecule has 0 saturated heterocycles. The van der Waals surface area contributed by atoms with Crippen LogP contribution >= 0.6 is 0 Å². The van der Waals surface area contributed by atoms with E-state index in [2.05, 4.69) is 40.3 Å². The first-order valence-electron chi connectivity index (χ1n) is 8.77. The Morgan fingerprint density at radius 2 is 1.64 bits per heavy atom. The molecule has 2 aromatic carbocycles. The molecular formula is C22H21N3O3. The zero-order valence-electron chi connectivity index (χ0n) is 15.9. The van der Waals surface area contributed by atoms with Gasteiger partial charge >= 0.3 is 5.97 Å². The average Bonchev–Trinajstić information content (AvgIpc) is 2.72. The second-order valence-electron chi connectivity index (χ2n) is 6.33. The zero-order valence-corrected chi connectivity index (χ0v) is 15.9. The van der Waals surface area contributed by atoms with E-state index in [9.17, 15) is 9.59 Å². The minimum atomic E-state index is -0.425. The van der Waals surface area contributed by atoms with Crippen LogP contribution < -0.4 is 10.6 Å². The van der Waals surface area contributed by atoms with Crippen molar-refractivity contribution in [3.8, 4) is 0 Å². The number of carbonyl (C=O) groups is 2. The van der Waals surface area contributed by atoms with Crippen LogP contribution in [0.3, 0.4) is 0 Å². The molecule has 6 nitrogen and oxygen atoms in total. The Balaban J connectivity index is 1.66. The number of carbonyl (C=O) groups excluding carboxylic acids is 2. The van der Waals surface area contributed by atoms with Crippen molar-refractivity contribution in [1.82, 2.24) is 4.98 Å². The molecule has 0 aliphatic rings. The lowest BCUT2D eigenvalue weighted by Crippen LogP contribution is -2.13. The highest BCUT2D eigenvalue weighted by atomic mass is 16.5. The van der Waals surface area contributed by atoms with Crippen molar-refractivity contribution in [3.63, 3.8) is 0 Å². The summed E-state index contributed by atoms with van der Waals surface area (Å²) in [4.78, 5) is 28.1. The van der Waals surface area contributed by atoms with Gasteiger partial charge in [0.05, 0.1) is 24.6 Å². The van der Waals surface area contributed by atoms with E-state index in [4.69, 9.17) is 0 Å². The summed E-state index contributed by atoms with van der Waals surface area (Å²) >= 11 is 0. The number of nitrogens with one attached hydrogen (secondary N) is 2. The molecular weight excluding hydrogens is 354 g/mol. The van der Waals surface area contributed by atoms with E-state index in [0.717, 1.165) is 11.4 Å². The maximum absolute atomic E-state index is 12.4. The Morgan fingerprint density at radius 3 is 2.29 bits per heavy atom. The van der Waals surface area contributed by atoms with Crippen LogP contribution in [0.4, 0.5) is 17.1 Å². The molecule has 0 radical (unpaired) electrons. The van der Waals surface area contributed by atoms with Crippen molar-refractivity contribution in [2.45, 2.75) is 13.8 Å². The molecule has 1 amide bonds. The zero-order chi connectivity index (χ0) is 20.1. The number of aryl methyl sites for hydroxylation is 1. The second-order valence-corrected chi connectivity index (χ2v) is 6.33. The predicted octanol–water partition coefficient (Wildman–Crippen LogP) is 4.48. The van der Waals surface area contributed by atoms with Gasteiger partial charge in [-0.25, -0.2) is 9.78 Å². The topological polar surface area (TPSA) is 80.3 Å². The van der Waals surface area contributed by atoms with Gasteiger partial charge in [0.1, 0.15) is 5.69 Å². The van der Waals surface area contributed by atoms with Crippen molar-refractivity contribution in [1.29, 1.82) is 0 Å². The summed E-state index contributed by atoms with van der Waals surface area (Å²) in [7, 11) is 1.32. The molecule has 6 heteroatoms. The summed E-state index contributed by atoms with van der Waals surface area (Å²) < 4.78 is 4.65. The molecule has 0 fully saturated rings. The SMILES string of the molecule is COC(=O)c1ccc(NC(=O)c2ccc(Nc3cccc(C)c3C)cn2)cc1. The van der Waals surface area contributed by atoms with Crippen LogP contribution in [0.15, 0.2) is 60.8 Å². The highest BCUT2D eigenvalue weighted by Crippen LogP contribution is 2.22. The van der Waals surface area contributed by atoms with Crippen molar-refractivity contribution in [2.75, 3.05) is 17.7 Å². The molecule has 3 rings (SSSR count). The monoisotopic (exact) mass is 375 g/mol. The van der Waals surface area contributed by atoms with Crippen LogP contribution in [0, 0.1) is 13.8 Å². The van der Waals surface area contributed by atoms with Gasteiger partial charge in [-0.05, 0) is 67.4 Å². The predicted molar refractivity (Wildman–Crippen MR) is 109 cm³/mol. The Morgan fingerprint density at radius 1 is 0.929 bits per heavy atom. The van der Waals surface area contributed by atoms with E-state index in [0.29, 0.717) is 16.9 Å². The standard InChI is InChI=1S/C22H21N3O3/c1-14-5-4-6-19(15(14)2)24-18-11-12-20(23-13-18)21(26)25-17-9-7-16(8-10-17)22(27)28-3/h4-13,24H,1-3H3,(H,25,26). The van der Waals surface area contributed by atoms with Crippen LogP contribution in [0.25, 0.3) is 0 Å². The molecule has 1 heterocycles. The Kier molecular flexibility index (Phi) is 5.69. The molecule has 0 unspecified atom stereocenters. The summed E-state index contributed by atoms with van der Waals surface area (Å²) in [5.74, 6) is -0.754. The Bertz CT molecular complexity index is 997. The van der Waals surface area contributed by atoms with Gasteiger partial charge in [-0.3, -0.25) is 4.79 Å². The third kappa shape index (κ3) is 4.35. The van der Waals surface area contributed by atoms with Crippen LogP contribution in [-0.4, -0.2) is 24.0 Å². The van der Waals surface area contributed by atoms with Gasteiger partial charge in [-0.15, -0.1) is 0 Å². The smallest absolute Gasteiger partial charge is 0.337 e. The van der Waals surface area contributed by atoms with Crippen LogP contribution in [0.5, 0.6) is 0 Å². The van der Waals surface area contributed by atoms with Gasteiger partial charge in [-0.2, -0.15) is 0 Å². The minimum Gasteiger partial charge on any atom is -0.465 e. The molecule has 0 bridgehead atoms. The van der Waals surface area contributed by atoms with Gasteiger partial charge in [0, 0.05) is 11.4 Å². The average molecular weight is 375 g/mol. The van der Waals surface area contributed by atoms with Gasteiger partial charge in [-0.1, -0.05) is 12.1 Å². The van der Waals surface area contributed by atoms with Gasteiger partial charge < -0.3 is 15.4 Å². The molecule has 28 heavy (non-hydrogen) atoms. The molecule has 0 spiro atoms. The maximum Gasteiger partial charge on any atom is 0.337 e. The summed E-state index contributed by atoms with van der Waals surface area (Å²) in [6.07, 6.45) is 1.62. The van der Waals surface area contributed by atoms with E-state index in [-0.39, 0.29) is 5.91 Å². The summed E-state index contributed by atoms with van der Waals surface area (Å²) in [6.45, 7) is 4.11. The lowest BCUT2D eigenvalue weighted by atomic mass is 10.1. The number of aromatic nitrogens is 1. The summed E-state index contributed by atoms with van der Waals surface area (Å²) in [6, 6.07) is 16.0. The number of amides is 1. The third-order valence-electron chi connectivity index (χ3n) is 4.44. The van der Waals surface area contributed by atoms with E-state index in [1.54, 1.807) is 36.5 Å². The Hall–Kier alpha value is -3.67. The van der Waals surface area contributed by atoms with E-state index in [1.807, 2.05) is 18.2 Å². The Labute approximate surface area is 163 Å². The number of rotatable bonds is 5. The molecule has 0 aliphatic carbocycles. The number of hydrogen-bond acceptors (Lipinski definition) is 5. The fourth-order valence-electron chi connectivity index (χ4n) is 2.65. The summed E-state index contributed by atoms with van der Waals surface area (Å²) in [5.41, 5.74) is 5.45. The number of nitrogens with zero attached hydrogens (tertiary/aromatic N) is 1. The van der Waals surface area contributed by atoms with Gasteiger partial charge in [0.15, 0.2) is 0 Å². The highest BCUT2D eigenvalue weighted by Gasteiger charge is 2.10. The number of anilines is 3. The second kappa shape index (κ2) is 8.35. The molecule has 3 aromatic rings. The minimum absolute atomic E-state index is 0.295. The largest absolute Gasteiger partial charge is 0.465 e. The van der Waals surface area contributed by atoms with Gasteiger partial charge in [0.2, 0.25) is 0 Å². The molecule has 2 N–H and O–H groups in total. The van der Waals surface area contributed by atoms with E-state index in [1.165, 1.54) is 18.2 Å². The van der Waals surface area contributed by atoms with E-state index < -0.39 is 5.97 Å². The van der Waals surface area contributed by atoms with Crippen LogP contribution in [-0.2, 0) is 4.74 Å². The van der Waals surface area contributed by atoms with Gasteiger partial charge in [0.25, 0.3) is 5.91 Å². The first-order chi connectivity index (χ1) is 13.5. The normalized spacial score (nSPS) is 10.2. The number of hydrogen-bond donors (Lipinski definition) is 2. The molecule has 142 valence electrons. The molecule has 0 saturated carbocycles. The number of benzene rings is 2. The van der Waals surface area contributed by atoms with Crippen molar-refractivity contribution in [3.05, 3.63) is 83.2 Å². The fourth-order valence-corrected chi connectivity index (χ4v) is 2.65. The molecule has 1 aromatic heterocycles. The number of ether oxygens (including phenoxy) is 1. The highest BCUT2D eigenvalue weighted by molar-refractivity contribution is 6.03. The quantitative estimate of drug-likeness (QED) is 0.643. The first-order valence-corrected chi connectivity index (χ1v) is 8.77. The van der Waals surface area contributed by atoms with Crippen LogP contribution in [0.1, 0.15) is 32.0 Å². The van der Waals surface area contributed by atoms with Crippen molar-refractivity contribution >= 4 is 28.9 Å². The lowest BCUT2D eigenvalue weighted by molar-refractivity contribution is 0.0600. The number of esters is 1. The number of methoxy groups -OCH3 is 1. The fraction of sp³-hybridized carbons (Fsp3) is 0.136. The molecule has 0 atom stereocenters. The lowest BCUT2D eigenvalue weighted by Gasteiger charge is -2.11. The summed E-state index contributed by atoms with van der Waals surface area (Å²) in [5, 5.41) is 6.07.